The van der Waals surface area contributed by atoms with Crippen LogP contribution in [-0.2, 0) is 0 Å². The van der Waals surface area contributed by atoms with Crippen molar-refractivity contribution in [1.82, 2.24) is 0 Å². The van der Waals surface area contributed by atoms with Crippen LogP contribution in [0.15, 0.2) is 68.3 Å². The summed E-state index contributed by atoms with van der Waals surface area (Å²) in [5.41, 5.74) is 7.67. The molecule has 3 aromatic rings. The molecule has 4 heteroatoms. The highest BCUT2D eigenvalue weighted by molar-refractivity contribution is 9.14. The van der Waals surface area contributed by atoms with Crippen LogP contribution in [0.5, 0.6) is 0 Å². The fraction of sp³-hybridized carbons (Fsp3) is 0.154. The lowest BCUT2D eigenvalue weighted by molar-refractivity contribution is 1.10. The molecule has 0 aliphatic carbocycles. The van der Waals surface area contributed by atoms with Crippen molar-refractivity contribution in [3.8, 4) is 11.1 Å². The lowest BCUT2D eigenvalue weighted by Gasteiger charge is -2.13. The van der Waals surface area contributed by atoms with Crippen molar-refractivity contribution >= 4 is 73.2 Å². The van der Waals surface area contributed by atoms with Gasteiger partial charge in [0.25, 0.3) is 0 Å². The fourth-order valence-corrected chi connectivity index (χ4v) is 6.52. The van der Waals surface area contributed by atoms with Gasteiger partial charge in [0.15, 0.2) is 0 Å². The zero-order valence-electron chi connectivity index (χ0n) is 16.9. The lowest BCUT2D eigenvalue weighted by Crippen LogP contribution is -1.92. The second kappa shape index (κ2) is 9.86. The number of hydrogen-bond acceptors (Lipinski definition) is 2. The molecule has 2 aromatic carbocycles. The molecule has 1 unspecified atom stereocenters. The van der Waals surface area contributed by atoms with E-state index in [-0.39, 0.29) is 0 Å². The van der Waals surface area contributed by atoms with Crippen molar-refractivity contribution in [3.05, 3.63) is 95.4 Å². The van der Waals surface area contributed by atoms with Crippen LogP contribution in [0.3, 0.4) is 0 Å². The van der Waals surface area contributed by atoms with Crippen molar-refractivity contribution < 1.29 is 0 Å². The molecule has 1 atom stereocenters. The van der Waals surface area contributed by atoms with Gasteiger partial charge in [-0.25, -0.2) is 0 Å². The lowest BCUT2D eigenvalue weighted by atomic mass is 9.92. The molecule has 1 aliphatic heterocycles. The summed E-state index contributed by atoms with van der Waals surface area (Å²) < 4.78 is 2.40. The smallest absolute Gasteiger partial charge is 0.0704 e. The molecule has 2 heterocycles. The number of benzene rings is 2. The van der Waals surface area contributed by atoms with Crippen LogP contribution >= 0.6 is 55.0 Å². The van der Waals surface area contributed by atoms with Crippen LogP contribution in [-0.4, -0.2) is 5.25 Å². The summed E-state index contributed by atoms with van der Waals surface area (Å²) >= 11 is 10.8. The summed E-state index contributed by atoms with van der Waals surface area (Å²) in [4.78, 5) is 1.25. The highest BCUT2D eigenvalue weighted by Gasteiger charge is 2.13. The largest absolute Gasteiger partial charge is 0.129 e. The Morgan fingerprint density at radius 1 is 0.900 bits per heavy atom. The van der Waals surface area contributed by atoms with Gasteiger partial charge >= 0.3 is 0 Å². The minimum Gasteiger partial charge on any atom is -0.129 e. The van der Waals surface area contributed by atoms with E-state index in [0.717, 1.165) is 10.2 Å². The van der Waals surface area contributed by atoms with Crippen LogP contribution in [0.25, 0.3) is 29.4 Å². The van der Waals surface area contributed by atoms with E-state index < -0.39 is 0 Å². The molecular weight excluding hydrogens is 536 g/mol. The zero-order chi connectivity index (χ0) is 21.1. The predicted molar refractivity (Wildman–Crippen MR) is 144 cm³/mol. The SMILES string of the molecule is Cc1ccc(C)c(-c2cc(/C=C/c3ccc(Br)s3)ccc2/C=C/C2CC=C(Br)S2)c1. The maximum absolute atomic E-state index is 3.60. The number of rotatable bonds is 5. The van der Waals surface area contributed by atoms with Crippen LogP contribution in [0.2, 0.25) is 0 Å². The van der Waals surface area contributed by atoms with E-state index in [4.69, 9.17) is 0 Å². The monoisotopic (exact) mass is 556 g/mol. The molecule has 30 heavy (non-hydrogen) atoms. The Labute approximate surface area is 204 Å². The molecule has 1 aromatic heterocycles. The van der Waals surface area contributed by atoms with Gasteiger partial charge in [-0.3, -0.25) is 0 Å². The van der Waals surface area contributed by atoms with Crippen molar-refractivity contribution in [3.63, 3.8) is 0 Å². The highest BCUT2D eigenvalue weighted by Crippen LogP contribution is 2.38. The normalized spacial score (nSPS) is 16.7. The van der Waals surface area contributed by atoms with Gasteiger partial charge in [0.2, 0.25) is 0 Å². The Hall–Kier alpha value is -1.33. The first kappa shape index (κ1) is 21.9. The summed E-state index contributed by atoms with van der Waals surface area (Å²) in [7, 11) is 0. The van der Waals surface area contributed by atoms with E-state index in [1.807, 2.05) is 11.8 Å². The maximum Gasteiger partial charge on any atom is 0.0704 e. The number of thioether (sulfide) groups is 1. The number of aryl methyl sites for hydroxylation is 2. The standard InChI is InChI=1S/C26H22Br2S2/c1-17-3-4-18(2)23(15-17)24-16-19(6-9-21-11-13-25(27)29-21)5-7-20(24)8-10-22-12-14-26(28)30-22/h3-11,13-16,22H,12H2,1-2H3/b9-6+,10-8+. The highest BCUT2D eigenvalue weighted by atomic mass is 79.9. The maximum atomic E-state index is 3.60. The number of allylic oxidation sites excluding steroid dienone is 1. The molecule has 0 saturated carbocycles. The van der Waals surface area contributed by atoms with Gasteiger partial charge in [0.1, 0.15) is 0 Å². The van der Waals surface area contributed by atoms with E-state index in [9.17, 15) is 0 Å². The van der Waals surface area contributed by atoms with Gasteiger partial charge in [0, 0.05) is 13.9 Å². The van der Waals surface area contributed by atoms with E-state index in [2.05, 4.69) is 125 Å². The first-order valence-corrected chi connectivity index (χ1v) is 13.1. The van der Waals surface area contributed by atoms with Gasteiger partial charge < -0.3 is 0 Å². The molecule has 4 rings (SSSR count). The second-order valence-electron chi connectivity index (χ2n) is 7.40. The van der Waals surface area contributed by atoms with E-state index in [1.54, 1.807) is 11.3 Å². The molecule has 0 spiro atoms. The van der Waals surface area contributed by atoms with Crippen molar-refractivity contribution in [2.24, 2.45) is 0 Å². The van der Waals surface area contributed by atoms with Gasteiger partial charge in [-0.05, 0) is 104 Å². The molecule has 0 N–H and O–H groups in total. The third-order valence-corrected chi connectivity index (χ3v) is 8.58. The summed E-state index contributed by atoms with van der Waals surface area (Å²) in [6, 6.07) is 17.7. The van der Waals surface area contributed by atoms with Gasteiger partial charge in [0.05, 0.1) is 3.79 Å². The van der Waals surface area contributed by atoms with E-state index >= 15 is 0 Å². The Morgan fingerprint density at radius 3 is 2.50 bits per heavy atom. The molecule has 152 valence electrons. The van der Waals surface area contributed by atoms with Crippen LogP contribution in [0.1, 0.15) is 33.6 Å². The summed E-state index contributed by atoms with van der Waals surface area (Å²) in [5.74, 6) is 0. The second-order valence-corrected chi connectivity index (χ2v) is 12.6. The fourth-order valence-electron chi connectivity index (χ4n) is 3.46. The number of halogens is 2. The van der Waals surface area contributed by atoms with E-state index in [0.29, 0.717) is 5.25 Å². The minimum absolute atomic E-state index is 0.502. The Balaban J connectivity index is 1.71. The van der Waals surface area contributed by atoms with Crippen LogP contribution in [0, 0.1) is 13.8 Å². The zero-order valence-corrected chi connectivity index (χ0v) is 21.7. The van der Waals surface area contributed by atoms with Gasteiger partial charge in [-0.2, -0.15) is 0 Å². The van der Waals surface area contributed by atoms with Crippen molar-refractivity contribution in [2.45, 2.75) is 25.5 Å². The molecule has 0 saturated heterocycles. The topological polar surface area (TPSA) is 0 Å². The number of hydrogen-bond donors (Lipinski definition) is 0. The first-order valence-electron chi connectivity index (χ1n) is 9.83. The average molecular weight is 558 g/mol. The molecule has 0 amide bonds. The summed E-state index contributed by atoms with van der Waals surface area (Å²) in [5, 5.41) is 0.502. The number of thiophene rings is 1. The van der Waals surface area contributed by atoms with E-state index in [1.165, 1.54) is 42.1 Å². The Morgan fingerprint density at radius 2 is 1.77 bits per heavy atom. The van der Waals surface area contributed by atoms with Crippen molar-refractivity contribution in [2.75, 3.05) is 0 Å². The quantitative estimate of drug-likeness (QED) is 0.301. The third kappa shape index (κ3) is 5.47. The molecule has 1 aliphatic rings. The van der Waals surface area contributed by atoms with Gasteiger partial charge in [-0.1, -0.05) is 60.2 Å². The third-order valence-electron chi connectivity index (χ3n) is 5.06. The Kier molecular flexibility index (Phi) is 7.20. The first-order chi connectivity index (χ1) is 14.5. The van der Waals surface area contributed by atoms with Crippen molar-refractivity contribution in [1.29, 1.82) is 0 Å². The average Bonchev–Trinajstić information content (AvgIpc) is 3.34. The molecule has 0 radical (unpaired) electrons. The predicted octanol–water partition coefficient (Wildman–Crippen LogP) is 9.72. The molecule has 0 bridgehead atoms. The molecular formula is C26H22Br2S2. The Bertz CT molecular complexity index is 1150. The van der Waals surface area contributed by atoms with Crippen LogP contribution < -0.4 is 0 Å². The summed E-state index contributed by atoms with van der Waals surface area (Å²) in [6.45, 7) is 4.36. The van der Waals surface area contributed by atoms with Crippen LogP contribution in [0.4, 0.5) is 0 Å². The minimum atomic E-state index is 0.502. The summed E-state index contributed by atoms with van der Waals surface area (Å²) in [6.07, 6.45) is 12.3. The molecule has 0 fully saturated rings. The molecule has 0 nitrogen and oxygen atoms in total. The van der Waals surface area contributed by atoms with Gasteiger partial charge in [-0.15, -0.1) is 23.1 Å².